The summed E-state index contributed by atoms with van der Waals surface area (Å²) in [6.07, 6.45) is 5.04. The second-order valence-electron chi connectivity index (χ2n) is 5.92. The second-order valence-corrected chi connectivity index (χ2v) is 5.92. The predicted molar refractivity (Wildman–Crippen MR) is 79.3 cm³/mol. The van der Waals surface area contributed by atoms with E-state index >= 15 is 0 Å². The van der Waals surface area contributed by atoms with E-state index in [2.05, 4.69) is 4.98 Å². The Balaban J connectivity index is 1.80. The van der Waals surface area contributed by atoms with Crippen molar-refractivity contribution in [2.45, 2.75) is 31.4 Å². The number of aromatic amines is 1. The van der Waals surface area contributed by atoms with Crippen LogP contribution in [0.25, 0.3) is 0 Å². The highest BCUT2D eigenvalue weighted by Crippen LogP contribution is 2.34. The molecule has 1 aliphatic heterocycles. The van der Waals surface area contributed by atoms with Gasteiger partial charge in [0.25, 0.3) is 5.91 Å². The van der Waals surface area contributed by atoms with Gasteiger partial charge in [-0.15, -0.1) is 0 Å². The van der Waals surface area contributed by atoms with E-state index in [1.807, 2.05) is 11.0 Å². The third-order valence-corrected chi connectivity index (χ3v) is 4.78. The summed E-state index contributed by atoms with van der Waals surface area (Å²) in [5, 5.41) is 8.89. The molecule has 3 atom stereocenters. The van der Waals surface area contributed by atoms with Gasteiger partial charge in [-0.05, 0) is 18.9 Å². The highest BCUT2D eigenvalue weighted by Gasteiger charge is 2.40. The minimum absolute atomic E-state index is 0.0344. The van der Waals surface area contributed by atoms with Crippen molar-refractivity contribution >= 4 is 5.91 Å². The van der Waals surface area contributed by atoms with Gasteiger partial charge in [-0.3, -0.25) is 4.79 Å². The van der Waals surface area contributed by atoms with Crippen molar-refractivity contribution < 1.29 is 14.3 Å². The summed E-state index contributed by atoms with van der Waals surface area (Å²) in [4.78, 5) is 17.5. The SMILES string of the molecule is COC1CCCC1C1COCCN1C(=O)c1c[nH]c(C#N)c1. The lowest BCUT2D eigenvalue weighted by molar-refractivity contribution is -0.0460. The molecule has 1 saturated carbocycles. The Hall–Kier alpha value is -1.84. The minimum Gasteiger partial charge on any atom is -0.381 e. The molecule has 2 aliphatic rings. The number of morpholine rings is 1. The number of amides is 1. The Kier molecular flexibility index (Phi) is 4.46. The predicted octanol–water partition coefficient (Wildman–Crippen LogP) is 1.54. The fourth-order valence-electron chi connectivity index (χ4n) is 3.67. The molecule has 1 N–H and O–H groups in total. The number of nitriles is 1. The van der Waals surface area contributed by atoms with E-state index < -0.39 is 0 Å². The van der Waals surface area contributed by atoms with E-state index in [1.165, 1.54) is 0 Å². The second kappa shape index (κ2) is 6.51. The lowest BCUT2D eigenvalue weighted by atomic mass is 9.93. The van der Waals surface area contributed by atoms with E-state index in [-0.39, 0.29) is 18.1 Å². The van der Waals surface area contributed by atoms with Crippen molar-refractivity contribution in [3.8, 4) is 6.07 Å². The van der Waals surface area contributed by atoms with Crippen LogP contribution in [0.4, 0.5) is 0 Å². The van der Waals surface area contributed by atoms with Gasteiger partial charge in [-0.25, -0.2) is 0 Å². The molecule has 2 fully saturated rings. The van der Waals surface area contributed by atoms with E-state index in [9.17, 15) is 4.79 Å². The smallest absolute Gasteiger partial charge is 0.255 e. The van der Waals surface area contributed by atoms with Gasteiger partial charge in [0.1, 0.15) is 11.8 Å². The first-order valence-corrected chi connectivity index (χ1v) is 7.74. The van der Waals surface area contributed by atoms with Gasteiger partial charge in [-0.1, -0.05) is 6.42 Å². The summed E-state index contributed by atoms with van der Waals surface area (Å²) in [6, 6.07) is 3.68. The van der Waals surface area contributed by atoms with Crippen LogP contribution in [-0.2, 0) is 9.47 Å². The zero-order chi connectivity index (χ0) is 15.5. The molecule has 1 amide bonds. The molecule has 3 rings (SSSR count). The Bertz CT molecular complexity index is 577. The highest BCUT2D eigenvalue weighted by molar-refractivity contribution is 5.94. The molecule has 1 saturated heterocycles. The van der Waals surface area contributed by atoms with E-state index in [1.54, 1.807) is 19.4 Å². The summed E-state index contributed by atoms with van der Waals surface area (Å²) in [5.74, 6) is 0.288. The van der Waals surface area contributed by atoms with Gasteiger partial charge in [0, 0.05) is 25.8 Å². The Morgan fingerprint density at radius 1 is 1.55 bits per heavy atom. The molecule has 0 bridgehead atoms. The molecule has 22 heavy (non-hydrogen) atoms. The van der Waals surface area contributed by atoms with Crippen LogP contribution in [0, 0.1) is 17.2 Å². The van der Waals surface area contributed by atoms with Gasteiger partial charge in [0.15, 0.2) is 0 Å². The molecule has 0 radical (unpaired) electrons. The number of nitrogens with zero attached hydrogens (tertiary/aromatic N) is 2. The van der Waals surface area contributed by atoms with E-state index in [0.29, 0.717) is 36.9 Å². The molecule has 6 nitrogen and oxygen atoms in total. The fourth-order valence-corrected chi connectivity index (χ4v) is 3.67. The minimum atomic E-state index is -0.0344. The summed E-state index contributed by atoms with van der Waals surface area (Å²) < 4.78 is 11.2. The third kappa shape index (κ3) is 2.74. The van der Waals surface area contributed by atoms with Crippen LogP contribution in [0.1, 0.15) is 35.3 Å². The first-order valence-electron chi connectivity index (χ1n) is 7.74. The lowest BCUT2D eigenvalue weighted by Gasteiger charge is -2.40. The zero-order valence-electron chi connectivity index (χ0n) is 12.7. The molecule has 1 aliphatic carbocycles. The maximum atomic E-state index is 12.8. The number of methoxy groups -OCH3 is 1. The summed E-state index contributed by atoms with van der Waals surface area (Å²) in [7, 11) is 1.74. The maximum Gasteiger partial charge on any atom is 0.255 e. The molecule has 3 unspecified atom stereocenters. The van der Waals surface area contributed by atoms with Crippen LogP contribution in [-0.4, -0.2) is 54.8 Å². The number of hydrogen-bond acceptors (Lipinski definition) is 4. The van der Waals surface area contributed by atoms with Crippen LogP contribution in [0.2, 0.25) is 0 Å². The zero-order valence-corrected chi connectivity index (χ0v) is 12.7. The molecular formula is C16H21N3O3. The number of H-pyrrole nitrogens is 1. The Morgan fingerprint density at radius 3 is 3.14 bits per heavy atom. The van der Waals surface area contributed by atoms with Crippen molar-refractivity contribution in [3.63, 3.8) is 0 Å². The normalized spacial score (nSPS) is 28.5. The highest BCUT2D eigenvalue weighted by atomic mass is 16.5. The monoisotopic (exact) mass is 303 g/mol. The number of hydrogen-bond donors (Lipinski definition) is 1. The lowest BCUT2D eigenvalue weighted by Crippen LogP contribution is -2.53. The summed E-state index contributed by atoms with van der Waals surface area (Å²) in [5.41, 5.74) is 0.944. The maximum absolute atomic E-state index is 12.8. The summed E-state index contributed by atoms with van der Waals surface area (Å²) >= 11 is 0. The van der Waals surface area contributed by atoms with Crippen LogP contribution < -0.4 is 0 Å². The van der Waals surface area contributed by atoms with Crippen molar-refractivity contribution in [2.24, 2.45) is 5.92 Å². The third-order valence-electron chi connectivity index (χ3n) is 4.78. The Labute approximate surface area is 130 Å². The van der Waals surface area contributed by atoms with Gasteiger partial charge < -0.3 is 19.4 Å². The van der Waals surface area contributed by atoms with Crippen LogP contribution in [0.5, 0.6) is 0 Å². The molecule has 2 heterocycles. The average Bonchev–Trinajstić information content (AvgIpc) is 3.22. The summed E-state index contributed by atoms with van der Waals surface area (Å²) in [6.45, 7) is 1.71. The Morgan fingerprint density at radius 2 is 2.41 bits per heavy atom. The molecule has 1 aromatic heterocycles. The van der Waals surface area contributed by atoms with E-state index in [4.69, 9.17) is 14.7 Å². The van der Waals surface area contributed by atoms with Crippen LogP contribution in [0.15, 0.2) is 12.3 Å². The standard InChI is InChI=1S/C16H21N3O3/c1-21-15-4-2-3-13(15)14-10-22-6-5-19(14)16(20)11-7-12(8-17)18-9-11/h7,9,13-15,18H,2-6,10H2,1H3. The number of rotatable bonds is 3. The molecule has 0 aromatic carbocycles. The number of ether oxygens (including phenoxy) is 2. The fraction of sp³-hybridized carbons (Fsp3) is 0.625. The van der Waals surface area contributed by atoms with Gasteiger partial charge in [0.2, 0.25) is 0 Å². The first-order chi connectivity index (χ1) is 10.7. The molecule has 118 valence electrons. The van der Waals surface area contributed by atoms with E-state index in [0.717, 1.165) is 19.3 Å². The number of nitrogens with one attached hydrogen (secondary N) is 1. The average molecular weight is 303 g/mol. The number of carbonyl (C=O) groups is 1. The molecule has 0 spiro atoms. The van der Waals surface area contributed by atoms with Crippen molar-refractivity contribution in [2.75, 3.05) is 26.9 Å². The first kappa shape index (κ1) is 15.1. The van der Waals surface area contributed by atoms with Gasteiger partial charge >= 0.3 is 0 Å². The molecule has 6 heteroatoms. The van der Waals surface area contributed by atoms with Crippen molar-refractivity contribution in [1.82, 2.24) is 9.88 Å². The topological polar surface area (TPSA) is 78.3 Å². The molecular weight excluding hydrogens is 282 g/mol. The van der Waals surface area contributed by atoms with Crippen molar-refractivity contribution in [3.05, 3.63) is 23.5 Å². The quantitative estimate of drug-likeness (QED) is 0.918. The number of carbonyl (C=O) groups excluding carboxylic acids is 1. The number of aromatic nitrogens is 1. The molecule has 1 aromatic rings. The van der Waals surface area contributed by atoms with Gasteiger partial charge in [0.05, 0.1) is 30.9 Å². The van der Waals surface area contributed by atoms with Gasteiger partial charge in [-0.2, -0.15) is 5.26 Å². The van der Waals surface area contributed by atoms with Crippen LogP contribution in [0.3, 0.4) is 0 Å². The largest absolute Gasteiger partial charge is 0.381 e. The van der Waals surface area contributed by atoms with Crippen molar-refractivity contribution in [1.29, 1.82) is 5.26 Å². The van der Waals surface area contributed by atoms with Crippen LogP contribution >= 0.6 is 0 Å².